The number of ether oxygens (including phenoxy) is 2. The zero-order valence-electron chi connectivity index (χ0n) is 7.08. The molecule has 11 heavy (non-hydrogen) atoms. The summed E-state index contributed by atoms with van der Waals surface area (Å²) in [6, 6.07) is 0. The number of nitrogens with two attached hydrogens (primary N) is 1. The predicted molar refractivity (Wildman–Crippen MR) is 43.4 cm³/mol. The Balaban J connectivity index is 2.05. The first-order valence-corrected chi connectivity index (χ1v) is 4.28. The average Bonchev–Trinajstić information content (AvgIpc) is 2.37. The molecule has 2 atom stereocenters. The number of hydrogen-bond donors (Lipinski definition) is 1. The van der Waals surface area contributed by atoms with E-state index in [1.807, 2.05) is 0 Å². The lowest BCUT2D eigenvalue weighted by molar-refractivity contribution is -0.000384. The van der Waals surface area contributed by atoms with E-state index in [9.17, 15) is 0 Å². The lowest BCUT2D eigenvalue weighted by Gasteiger charge is -2.14. The Labute approximate surface area is 67.9 Å². The molecule has 0 aliphatic carbocycles. The number of rotatable bonds is 4. The van der Waals surface area contributed by atoms with E-state index in [-0.39, 0.29) is 6.10 Å². The highest BCUT2D eigenvalue weighted by atomic mass is 16.6. The molecule has 0 aromatic heterocycles. The third-order valence-electron chi connectivity index (χ3n) is 1.99. The minimum absolute atomic E-state index is 0.271. The van der Waals surface area contributed by atoms with Crippen LogP contribution in [0.1, 0.15) is 19.8 Å². The summed E-state index contributed by atoms with van der Waals surface area (Å²) in [6.45, 7) is 4.38. The molecule has 2 unspecified atom stereocenters. The summed E-state index contributed by atoms with van der Waals surface area (Å²) in [5.41, 5.74) is 5.34. The fraction of sp³-hybridized carbons (Fsp3) is 1.00. The summed E-state index contributed by atoms with van der Waals surface area (Å²) in [4.78, 5) is 0. The van der Waals surface area contributed by atoms with Crippen molar-refractivity contribution in [1.29, 1.82) is 0 Å². The second-order valence-corrected chi connectivity index (χ2v) is 2.92. The second kappa shape index (κ2) is 4.70. The first-order chi connectivity index (χ1) is 5.34. The Morgan fingerprint density at radius 1 is 1.64 bits per heavy atom. The molecule has 66 valence electrons. The van der Waals surface area contributed by atoms with Crippen LogP contribution in [0.2, 0.25) is 0 Å². The van der Waals surface area contributed by atoms with Crippen molar-refractivity contribution < 1.29 is 9.47 Å². The molecule has 3 nitrogen and oxygen atoms in total. The monoisotopic (exact) mass is 159 g/mol. The normalized spacial score (nSPS) is 31.1. The van der Waals surface area contributed by atoms with Gasteiger partial charge in [0, 0.05) is 13.2 Å². The van der Waals surface area contributed by atoms with Crippen LogP contribution in [0, 0.1) is 0 Å². The molecule has 2 N–H and O–H groups in total. The predicted octanol–water partition coefficient (Wildman–Crippen LogP) is 0.529. The molecule has 1 aliphatic rings. The Kier molecular flexibility index (Phi) is 3.83. The van der Waals surface area contributed by atoms with Crippen molar-refractivity contribution in [1.82, 2.24) is 0 Å². The van der Waals surface area contributed by atoms with Crippen LogP contribution in [-0.4, -0.2) is 32.0 Å². The summed E-state index contributed by atoms with van der Waals surface area (Å²) in [6.07, 6.45) is 2.56. The average molecular weight is 159 g/mol. The highest BCUT2D eigenvalue weighted by Gasteiger charge is 2.24. The fourth-order valence-corrected chi connectivity index (χ4v) is 1.25. The zero-order valence-corrected chi connectivity index (χ0v) is 7.08. The topological polar surface area (TPSA) is 44.5 Å². The molecule has 0 aromatic rings. The van der Waals surface area contributed by atoms with E-state index in [0.717, 1.165) is 26.1 Å². The van der Waals surface area contributed by atoms with Gasteiger partial charge in [-0.05, 0) is 26.3 Å². The highest BCUT2D eigenvalue weighted by Crippen LogP contribution is 2.16. The van der Waals surface area contributed by atoms with Gasteiger partial charge in [-0.2, -0.15) is 0 Å². The molecule has 1 heterocycles. The summed E-state index contributed by atoms with van der Waals surface area (Å²) in [5, 5.41) is 0. The van der Waals surface area contributed by atoms with E-state index in [2.05, 4.69) is 6.92 Å². The van der Waals surface area contributed by atoms with Gasteiger partial charge < -0.3 is 15.2 Å². The maximum Gasteiger partial charge on any atom is 0.0855 e. The van der Waals surface area contributed by atoms with E-state index >= 15 is 0 Å². The van der Waals surface area contributed by atoms with Crippen LogP contribution < -0.4 is 5.73 Å². The smallest absolute Gasteiger partial charge is 0.0855 e. The van der Waals surface area contributed by atoms with Gasteiger partial charge in [-0.25, -0.2) is 0 Å². The molecule has 0 saturated carbocycles. The van der Waals surface area contributed by atoms with Gasteiger partial charge in [0.1, 0.15) is 0 Å². The summed E-state index contributed by atoms with van der Waals surface area (Å²) >= 11 is 0. The molecular weight excluding hydrogens is 142 g/mol. The van der Waals surface area contributed by atoms with Gasteiger partial charge in [0.25, 0.3) is 0 Å². The van der Waals surface area contributed by atoms with Gasteiger partial charge in [-0.3, -0.25) is 0 Å². The van der Waals surface area contributed by atoms with Crippen molar-refractivity contribution >= 4 is 0 Å². The van der Waals surface area contributed by atoms with Gasteiger partial charge in [0.2, 0.25) is 0 Å². The molecule has 1 rings (SSSR count). The molecule has 0 bridgehead atoms. The van der Waals surface area contributed by atoms with Crippen molar-refractivity contribution in [2.75, 3.05) is 19.8 Å². The number of hydrogen-bond acceptors (Lipinski definition) is 3. The van der Waals surface area contributed by atoms with Gasteiger partial charge >= 0.3 is 0 Å². The minimum Gasteiger partial charge on any atom is -0.376 e. The highest BCUT2D eigenvalue weighted by molar-refractivity contribution is 4.72. The fourth-order valence-electron chi connectivity index (χ4n) is 1.25. The van der Waals surface area contributed by atoms with Crippen molar-refractivity contribution in [2.24, 2.45) is 5.73 Å². The minimum atomic E-state index is 0.271. The molecule has 0 amide bonds. The largest absolute Gasteiger partial charge is 0.376 e. The summed E-state index contributed by atoms with van der Waals surface area (Å²) in [5.74, 6) is 0. The van der Waals surface area contributed by atoms with Crippen molar-refractivity contribution in [3.05, 3.63) is 0 Å². The molecule has 0 aromatic carbocycles. The van der Waals surface area contributed by atoms with Crippen LogP contribution in [0.3, 0.4) is 0 Å². The molecular formula is C8H17NO2. The SMILES string of the molecule is CC1OCCC1OCCCN. The molecule has 0 radical (unpaired) electrons. The van der Waals surface area contributed by atoms with E-state index in [1.165, 1.54) is 0 Å². The van der Waals surface area contributed by atoms with Crippen LogP contribution in [0.25, 0.3) is 0 Å². The lowest BCUT2D eigenvalue weighted by Crippen LogP contribution is -2.22. The van der Waals surface area contributed by atoms with E-state index in [4.69, 9.17) is 15.2 Å². The molecule has 1 aliphatic heterocycles. The van der Waals surface area contributed by atoms with Crippen LogP contribution in [-0.2, 0) is 9.47 Å². The third-order valence-corrected chi connectivity index (χ3v) is 1.99. The summed E-state index contributed by atoms with van der Waals surface area (Å²) < 4.78 is 10.9. The quantitative estimate of drug-likeness (QED) is 0.608. The zero-order chi connectivity index (χ0) is 8.10. The van der Waals surface area contributed by atoms with Gasteiger partial charge in [-0.15, -0.1) is 0 Å². The third kappa shape index (κ3) is 2.77. The van der Waals surface area contributed by atoms with Gasteiger partial charge in [-0.1, -0.05) is 0 Å². The van der Waals surface area contributed by atoms with Crippen LogP contribution in [0.15, 0.2) is 0 Å². The van der Waals surface area contributed by atoms with E-state index in [1.54, 1.807) is 0 Å². The summed E-state index contributed by atoms with van der Waals surface area (Å²) in [7, 11) is 0. The molecule has 3 heteroatoms. The van der Waals surface area contributed by atoms with Crippen LogP contribution in [0.5, 0.6) is 0 Å². The Bertz CT molecular complexity index is 108. The Morgan fingerprint density at radius 3 is 3.00 bits per heavy atom. The molecule has 0 spiro atoms. The van der Waals surface area contributed by atoms with Gasteiger partial charge in [0.05, 0.1) is 12.2 Å². The van der Waals surface area contributed by atoms with Crippen molar-refractivity contribution in [3.8, 4) is 0 Å². The van der Waals surface area contributed by atoms with Crippen LogP contribution >= 0.6 is 0 Å². The van der Waals surface area contributed by atoms with Gasteiger partial charge in [0.15, 0.2) is 0 Å². The lowest BCUT2D eigenvalue weighted by atomic mass is 10.2. The second-order valence-electron chi connectivity index (χ2n) is 2.92. The standard InChI is InChI=1S/C8H17NO2/c1-7-8(3-6-10-7)11-5-2-4-9/h7-8H,2-6,9H2,1H3. The van der Waals surface area contributed by atoms with Crippen molar-refractivity contribution in [2.45, 2.75) is 32.0 Å². The maximum atomic E-state index is 5.55. The Morgan fingerprint density at radius 2 is 2.45 bits per heavy atom. The van der Waals surface area contributed by atoms with E-state index < -0.39 is 0 Å². The van der Waals surface area contributed by atoms with Crippen LogP contribution in [0.4, 0.5) is 0 Å². The molecule has 1 fully saturated rings. The maximum absolute atomic E-state index is 5.55. The first-order valence-electron chi connectivity index (χ1n) is 4.28. The van der Waals surface area contributed by atoms with E-state index in [0.29, 0.717) is 12.6 Å². The first kappa shape index (κ1) is 8.97. The Hall–Kier alpha value is -0.120. The molecule has 1 saturated heterocycles. The van der Waals surface area contributed by atoms with Crippen molar-refractivity contribution in [3.63, 3.8) is 0 Å².